The van der Waals surface area contributed by atoms with Crippen LogP contribution in [-0.2, 0) is 0 Å². The molecule has 0 aromatic heterocycles. The smallest absolute Gasteiger partial charge is 0.0636 e. The number of aliphatic hydroxyl groups is 1. The first-order chi connectivity index (χ1) is 6.02. The van der Waals surface area contributed by atoms with Gasteiger partial charge in [0.1, 0.15) is 0 Å². The zero-order valence-electron chi connectivity index (χ0n) is 9.14. The summed E-state index contributed by atoms with van der Waals surface area (Å²) in [6.07, 6.45) is 5.04. The van der Waals surface area contributed by atoms with Gasteiger partial charge >= 0.3 is 0 Å². The molecule has 0 bridgehead atoms. The van der Waals surface area contributed by atoms with Crippen molar-refractivity contribution in [2.24, 2.45) is 5.41 Å². The van der Waals surface area contributed by atoms with Crippen molar-refractivity contribution in [2.45, 2.75) is 58.6 Å². The molecule has 0 saturated heterocycles. The average molecular weight is 185 g/mol. The van der Waals surface area contributed by atoms with E-state index in [0.717, 1.165) is 6.54 Å². The normalized spacial score (nSPS) is 30.0. The fourth-order valence-corrected chi connectivity index (χ4v) is 2.19. The zero-order valence-corrected chi connectivity index (χ0v) is 9.14. The summed E-state index contributed by atoms with van der Waals surface area (Å²) in [6, 6.07) is 0.593. The summed E-state index contributed by atoms with van der Waals surface area (Å²) in [7, 11) is 0. The lowest BCUT2D eigenvalue weighted by Gasteiger charge is -2.39. The van der Waals surface area contributed by atoms with E-state index in [1.54, 1.807) is 0 Å². The van der Waals surface area contributed by atoms with Crippen LogP contribution < -0.4 is 5.32 Å². The third-order valence-corrected chi connectivity index (χ3v) is 3.17. The molecule has 0 aliphatic heterocycles. The van der Waals surface area contributed by atoms with Crippen LogP contribution >= 0.6 is 0 Å². The third-order valence-electron chi connectivity index (χ3n) is 3.17. The molecule has 2 N–H and O–H groups in total. The van der Waals surface area contributed by atoms with Crippen LogP contribution in [-0.4, -0.2) is 23.8 Å². The zero-order chi connectivity index (χ0) is 9.90. The number of hydrogen-bond donors (Lipinski definition) is 2. The number of aliphatic hydroxyl groups excluding tert-OH is 1. The highest BCUT2D eigenvalue weighted by Gasteiger charge is 2.31. The molecular formula is C11H23NO. The fraction of sp³-hybridized carbons (Fsp3) is 1.00. The molecule has 0 heterocycles. The number of rotatable bonds is 3. The molecule has 0 spiro atoms. The van der Waals surface area contributed by atoms with Gasteiger partial charge in [0.2, 0.25) is 0 Å². The Bertz CT molecular complexity index is 154. The molecule has 1 rings (SSSR count). The maximum atomic E-state index is 9.19. The molecule has 1 fully saturated rings. The number of nitrogens with one attached hydrogen (secondary N) is 1. The summed E-state index contributed by atoms with van der Waals surface area (Å²) in [5, 5.41) is 12.7. The van der Waals surface area contributed by atoms with Crippen molar-refractivity contribution < 1.29 is 5.11 Å². The van der Waals surface area contributed by atoms with Gasteiger partial charge in [0, 0.05) is 12.6 Å². The molecule has 1 saturated carbocycles. The van der Waals surface area contributed by atoms with Crippen molar-refractivity contribution in [3.05, 3.63) is 0 Å². The summed E-state index contributed by atoms with van der Waals surface area (Å²) < 4.78 is 0. The Morgan fingerprint density at radius 1 is 1.46 bits per heavy atom. The second-order valence-corrected chi connectivity index (χ2v) is 5.04. The molecular weight excluding hydrogens is 162 g/mol. The Morgan fingerprint density at radius 2 is 2.15 bits per heavy atom. The van der Waals surface area contributed by atoms with Gasteiger partial charge in [-0.25, -0.2) is 0 Å². The van der Waals surface area contributed by atoms with E-state index in [2.05, 4.69) is 19.2 Å². The van der Waals surface area contributed by atoms with Gasteiger partial charge in [-0.2, -0.15) is 0 Å². The minimum absolute atomic E-state index is 0.224. The Balaban J connectivity index is 2.37. The Kier molecular flexibility index (Phi) is 3.74. The highest BCUT2D eigenvalue weighted by Crippen LogP contribution is 2.35. The van der Waals surface area contributed by atoms with E-state index in [0.29, 0.717) is 11.5 Å². The maximum absolute atomic E-state index is 9.19. The molecule has 0 amide bonds. The monoisotopic (exact) mass is 185 g/mol. The molecule has 13 heavy (non-hydrogen) atoms. The predicted molar refractivity (Wildman–Crippen MR) is 55.7 cm³/mol. The quantitative estimate of drug-likeness (QED) is 0.704. The fourth-order valence-electron chi connectivity index (χ4n) is 2.19. The molecule has 0 aromatic carbocycles. The maximum Gasteiger partial charge on any atom is 0.0636 e. The van der Waals surface area contributed by atoms with Crippen LogP contribution in [0.25, 0.3) is 0 Å². The summed E-state index contributed by atoms with van der Waals surface area (Å²) >= 11 is 0. The van der Waals surface area contributed by atoms with E-state index >= 15 is 0 Å². The first-order valence-electron chi connectivity index (χ1n) is 5.44. The van der Waals surface area contributed by atoms with E-state index in [9.17, 15) is 5.11 Å². The Morgan fingerprint density at radius 3 is 2.69 bits per heavy atom. The van der Waals surface area contributed by atoms with Gasteiger partial charge in [-0.1, -0.05) is 26.7 Å². The van der Waals surface area contributed by atoms with Gasteiger partial charge < -0.3 is 10.4 Å². The standard InChI is InChI=1S/C11H23NO/c1-9(13)8-12-10-6-4-5-7-11(10,2)3/h9-10,12-13H,4-8H2,1-3H3. The molecule has 2 atom stereocenters. The minimum atomic E-state index is -0.224. The molecule has 2 unspecified atom stereocenters. The van der Waals surface area contributed by atoms with Crippen molar-refractivity contribution in [3.63, 3.8) is 0 Å². The van der Waals surface area contributed by atoms with Crippen LogP contribution in [0.3, 0.4) is 0 Å². The molecule has 78 valence electrons. The van der Waals surface area contributed by atoms with E-state index in [4.69, 9.17) is 0 Å². The van der Waals surface area contributed by atoms with Crippen LogP contribution in [0, 0.1) is 5.41 Å². The summed E-state index contributed by atoms with van der Waals surface area (Å²) in [5.41, 5.74) is 0.410. The predicted octanol–water partition coefficient (Wildman–Crippen LogP) is 1.93. The highest BCUT2D eigenvalue weighted by atomic mass is 16.3. The second kappa shape index (κ2) is 4.43. The van der Waals surface area contributed by atoms with Gasteiger partial charge in [0.05, 0.1) is 6.10 Å². The Labute approximate surface area is 81.7 Å². The van der Waals surface area contributed by atoms with E-state index in [-0.39, 0.29) is 6.10 Å². The lowest BCUT2D eigenvalue weighted by Crippen LogP contribution is -2.46. The van der Waals surface area contributed by atoms with Crippen LogP contribution in [0.4, 0.5) is 0 Å². The summed E-state index contributed by atoms with van der Waals surface area (Å²) in [4.78, 5) is 0. The van der Waals surface area contributed by atoms with Crippen molar-refractivity contribution in [1.82, 2.24) is 5.32 Å². The summed E-state index contributed by atoms with van der Waals surface area (Å²) in [6.45, 7) is 7.22. The molecule has 2 heteroatoms. The highest BCUT2D eigenvalue weighted by molar-refractivity contribution is 4.87. The molecule has 1 aliphatic carbocycles. The lowest BCUT2D eigenvalue weighted by molar-refractivity contribution is 0.134. The van der Waals surface area contributed by atoms with Crippen molar-refractivity contribution in [2.75, 3.05) is 6.54 Å². The van der Waals surface area contributed by atoms with Gasteiger partial charge in [0.15, 0.2) is 0 Å². The van der Waals surface area contributed by atoms with Crippen molar-refractivity contribution in [1.29, 1.82) is 0 Å². The molecule has 1 aliphatic rings. The SMILES string of the molecule is CC(O)CNC1CCCCC1(C)C. The number of hydrogen-bond acceptors (Lipinski definition) is 2. The summed E-state index contributed by atoms with van der Waals surface area (Å²) in [5.74, 6) is 0. The van der Waals surface area contributed by atoms with Gasteiger partial charge in [-0.05, 0) is 25.2 Å². The van der Waals surface area contributed by atoms with Gasteiger partial charge in [0.25, 0.3) is 0 Å². The van der Waals surface area contributed by atoms with Crippen molar-refractivity contribution in [3.8, 4) is 0 Å². The van der Waals surface area contributed by atoms with Crippen LogP contribution in [0.1, 0.15) is 46.5 Å². The van der Waals surface area contributed by atoms with Crippen LogP contribution in [0.5, 0.6) is 0 Å². The topological polar surface area (TPSA) is 32.3 Å². The second-order valence-electron chi connectivity index (χ2n) is 5.04. The third kappa shape index (κ3) is 3.28. The van der Waals surface area contributed by atoms with E-state index < -0.39 is 0 Å². The Hall–Kier alpha value is -0.0800. The molecule has 0 aromatic rings. The van der Waals surface area contributed by atoms with Crippen LogP contribution in [0.15, 0.2) is 0 Å². The first kappa shape index (κ1) is 11.0. The average Bonchev–Trinajstić information content (AvgIpc) is 2.01. The van der Waals surface area contributed by atoms with Crippen molar-refractivity contribution >= 4 is 0 Å². The van der Waals surface area contributed by atoms with Gasteiger partial charge in [-0.3, -0.25) is 0 Å². The minimum Gasteiger partial charge on any atom is -0.392 e. The lowest BCUT2D eigenvalue weighted by atomic mass is 9.73. The van der Waals surface area contributed by atoms with Crippen LogP contribution in [0.2, 0.25) is 0 Å². The van der Waals surface area contributed by atoms with E-state index in [1.807, 2.05) is 6.92 Å². The van der Waals surface area contributed by atoms with Gasteiger partial charge in [-0.15, -0.1) is 0 Å². The first-order valence-corrected chi connectivity index (χ1v) is 5.44. The molecule has 2 nitrogen and oxygen atoms in total. The van der Waals surface area contributed by atoms with E-state index in [1.165, 1.54) is 25.7 Å². The molecule has 0 radical (unpaired) electrons. The largest absolute Gasteiger partial charge is 0.392 e.